The van der Waals surface area contributed by atoms with Crippen LogP contribution >= 0.6 is 0 Å². The molecule has 1 aromatic rings. The Kier molecular flexibility index (Phi) is 6.58. The van der Waals surface area contributed by atoms with E-state index >= 15 is 0 Å². The van der Waals surface area contributed by atoms with E-state index in [1.54, 1.807) is 14.2 Å². The van der Waals surface area contributed by atoms with E-state index < -0.39 is 0 Å². The van der Waals surface area contributed by atoms with Gasteiger partial charge in [0.1, 0.15) is 0 Å². The van der Waals surface area contributed by atoms with Crippen LogP contribution in [0, 0.1) is 11.8 Å². The molecule has 0 bridgehead atoms. The Hall–Kier alpha value is -2.24. The summed E-state index contributed by atoms with van der Waals surface area (Å²) < 4.78 is 10.5. The second-order valence-electron chi connectivity index (χ2n) is 7.52. The molecule has 1 aromatic carbocycles. The molecule has 6 nitrogen and oxygen atoms in total. The van der Waals surface area contributed by atoms with Gasteiger partial charge in [0.15, 0.2) is 11.5 Å². The van der Waals surface area contributed by atoms with Crippen molar-refractivity contribution in [3.05, 3.63) is 23.8 Å². The van der Waals surface area contributed by atoms with Crippen molar-refractivity contribution in [3.63, 3.8) is 0 Å². The topological polar surface area (TPSA) is 76.7 Å². The molecule has 2 amide bonds. The SMILES string of the molecule is COc1ccc(CCNC(=O)C2CC2C(=O)NC2CCCCC2)cc1OC. The first kappa shape index (κ1) is 19.5. The van der Waals surface area contributed by atoms with Gasteiger partial charge in [-0.2, -0.15) is 0 Å². The summed E-state index contributed by atoms with van der Waals surface area (Å²) in [6.07, 6.45) is 7.16. The van der Waals surface area contributed by atoms with Gasteiger partial charge in [-0.15, -0.1) is 0 Å². The van der Waals surface area contributed by atoms with Gasteiger partial charge in [-0.3, -0.25) is 9.59 Å². The van der Waals surface area contributed by atoms with Crippen molar-refractivity contribution in [1.29, 1.82) is 0 Å². The molecule has 3 rings (SSSR count). The Bertz CT molecular complexity index is 670. The lowest BCUT2D eigenvalue weighted by molar-refractivity contribution is -0.127. The lowest BCUT2D eigenvalue weighted by Crippen LogP contribution is -2.38. The van der Waals surface area contributed by atoms with Gasteiger partial charge in [-0.05, 0) is 43.4 Å². The van der Waals surface area contributed by atoms with Gasteiger partial charge in [-0.1, -0.05) is 25.3 Å². The van der Waals surface area contributed by atoms with E-state index in [0.29, 0.717) is 36.9 Å². The number of hydrogen-bond donors (Lipinski definition) is 2. The standard InChI is InChI=1S/C21H30N2O4/c1-26-18-9-8-14(12-19(18)27-2)10-11-22-20(24)16-13-17(16)21(25)23-15-6-4-3-5-7-15/h8-9,12,15-17H,3-7,10-11,13H2,1-2H3,(H,22,24)(H,23,25). The lowest BCUT2D eigenvalue weighted by Gasteiger charge is -2.22. The molecule has 0 radical (unpaired) electrons. The highest BCUT2D eigenvalue weighted by Gasteiger charge is 2.48. The molecule has 2 aliphatic rings. The van der Waals surface area contributed by atoms with Crippen molar-refractivity contribution < 1.29 is 19.1 Å². The molecule has 0 aliphatic heterocycles. The zero-order valence-electron chi connectivity index (χ0n) is 16.3. The largest absolute Gasteiger partial charge is 0.493 e. The molecule has 2 aliphatic carbocycles. The predicted molar refractivity (Wildman–Crippen MR) is 103 cm³/mol. The van der Waals surface area contributed by atoms with Gasteiger partial charge in [0.05, 0.1) is 26.1 Å². The van der Waals surface area contributed by atoms with Gasteiger partial charge in [0.2, 0.25) is 11.8 Å². The zero-order chi connectivity index (χ0) is 19.2. The van der Waals surface area contributed by atoms with Crippen molar-refractivity contribution in [2.24, 2.45) is 11.8 Å². The first-order chi connectivity index (χ1) is 13.1. The molecule has 0 spiro atoms. The molecule has 6 heteroatoms. The van der Waals surface area contributed by atoms with Crippen LogP contribution in [0.15, 0.2) is 18.2 Å². The lowest BCUT2D eigenvalue weighted by atomic mass is 9.95. The van der Waals surface area contributed by atoms with E-state index in [2.05, 4.69) is 10.6 Å². The minimum atomic E-state index is -0.168. The van der Waals surface area contributed by atoms with Crippen LogP contribution in [-0.2, 0) is 16.0 Å². The van der Waals surface area contributed by atoms with Crippen LogP contribution in [0.4, 0.5) is 0 Å². The minimum absolute atomic E-state index is 0.0146. The Morgan fingerprint density at radius 1 is 1.00 bits per heavy atom. The van der Waals surface area contributed by atoms with E-state index in [1.807, 2.05) is 18.2 Å². The van der Waals surface area contributed by atoms with Crippen LogP contribution in [0.1, 0.15) is 44.1 Å². The van der Waals surface area contributed by atoms with E-state index in [-0.39, 0.29) is 23.7 Å². The highest BCUT2D eigenvalue weighted by atomic mass is 16.5. The van der Waals surface area contributed by atoms with Crippen LogP contribution in [0.5, 0.6) is 11.5 Å². The summed E-state index contributed by atoms with van der Waals surface area (Å²) >= 11 is 0. The van der Waals surface area contributed by atoms with E-state index in [4.69, 9.17) is 9.47 Å². The van der Waals surface area contributed by atoms with Crippen LogP contribution < -0.4 is 20.1 Å². The minimum Gasteiger partial charge on any atom is -0.493 e. The van der Waals surface area contributed by atoms with Crippen molar-refractivity contribution in [2.45, 2.75) is 51.0 Å². The van der Waals surface area contributed by atoms with Gasteiger partial charge >= 0.3 is 0 Å². The van der Waals surface area contributed by atoms with Crippen molar-refractivity contribution in [1.82, 2.24) is 10.6 Å². The van der Waals surface area contributed by atoms with E-state index in [1.165, 1.54) is 19.3 Å². The number of methoxy groups -OCH3 is 2. The molecule has 0 aromatic heterocycles. The highest BCUT2D eigenvalue weighted by Crippen LogP contribution is 2.39. The van der Waals surface area contributed by atoms with Gasteiger partial charge < -0.3 is 20.1 Å². The van der Waals surface area contributed by atoms with Crippen LogP contribution in [0.2, 0.25) is 0 Å². The first-order valence-electron chi connectivity index (χ1n) is 9.91. The van der Waals surface area contributed by atoms with Crippen molar-refractivity contribution in [2.75, 3.05) is 20.8 Å². The molecule has 2 fully saturated rings. The van der Waals surface area contributed by atoms with Crippen LogP contribution in [0.25, 0.3) is 0 Å². The Morgan fingerprint density at radius 3 is 2.41 bits per heavy atom. The maximum Gasteiger partial charge on any atom is 0.224 e. The fraction of sp³-hybridized carbons (Fsp3) is 0.619. The maximum absolute atomic E-state index is 12.3. The fourth-order valence-corrected chi connectivity index (χ4v) is 3.83. The van der Waals surface area contributed by atoms with Gasteiger partial charge in [0, 0.05) is 12.6 Å². The van der Waals surface area contributed by atoms with Crippen molar-refractivity contribution >= 4 is 11.8 Å². The number of carbonyl (C=O) groups is 2. The quantitative estimate of drug-likeness (QED) is 0.733. The van der Waals surface area contributed by atoms with Crippen molar-refractivity contribution in [3.8, 4) is 11.5 Å². The van der Waals surface area contributed by atoms with Gasteiger partial charge in [0.25, 0.3) is 0 Å². The van der Waals surface area contributed by atoms with E-state index in [9.17, 15) is 9.59 Å². The molecule has 0 heterocycles. The third-order valence-electron chi connectivity index (χ3n) is 5.58. The average Bonchev–Trinajstić information content (AvgIpc) is 3.49. The molecule has 0 saturated heterocycles. The normalized spacial score (nSPS) is 22.0. The summed E-state index contributed by atoms with van der Waals surface area (Å²) in [4.78, 5) is 24.6. The summed E-state index contributed by atoms with van der Waals surface area (Å²) in [5, 5.41) is 6.08. The summed E-state index contributed by atoms with van der Waals surface area (Å²) in [6, 6.07) is 6.05. The first-order valence-corrected chi connectivity index (χ1v) is 9.91. The molecule has 27 heavy (non-hydrogen) atoms. The van der Waals surface area contributed by atoms with E-state index in [0.717, 1.165) is 18.4 Å². The molecular formula is C21H30N2O4. The van der Waals surface area contributed by atoms with Crippen LogP contribution in [0.3, 0.4) is 0 Å². The third-order valence-corrected chi connectivity index (χ3v) is 5.58. The summed E-state index contributed by atoms with van der Waals surface area (Å²) in [5.41, 5.74) is 1.07. The maximum atomic E-state index is 12.3. The number of amides is 2. The highest BCUT2D eigenvalue weighted by molar-refractivity contribution is 5.92. The average molecular weight is 374 g/mol. The fourth-order valence-electron chi connectivity index (χ4n) is 3.83. The number of nitrogens with one attached hydrogen (secondary N) is 2. The van der Waals surface area contributed by atoms with Gasteiger partial charge in [-0.25, -0.2) is 0 Å². The Balaban J connectivity index is 1.39. The number of benzene rings is 1. The molecule has 2 N–H and O–H groups in total. The third kappa shape index (κ3) is 5.15. The Labute approximate surface area is 161 Å². The molecule has 2 unspecified atom stereocenters. The smallest absolute Gasteiger partial charge is 0.224 e. The summed E-state index contributed by atoms with van der Waals surface area (Å²) in [6.45, 7) is 0.543. The number of hydrogen-bond acceptors (Lipinski definition) is 4. The summed E-state index contributed by atoms with van der Waals surface area (Å²) in [5.74, 6) is 1.10. The number of ether oxygens (including phenoxy) is 2. The monoisotopic (exact) mass is 374 g/mol. The molecule has 2 atom stereocenters. The molecule has 2 saturated carbocycles. The molecule has 148 valence electrons. The van der Waals surface area contributed by atoms with Crippen LogP contribution in [-0.4, -0.2) is 38.6 Å². The molecular weight excluding hydrogens is 344 g/mol. The second-order valence-corrected chi connectivity index (χ2v) is 7.52. The zero-order valence-corrected chi connectivity index (χ0v) is 16.3. The summed E-state index contributed by atoms with van der Waals surface area (Å²) in [7, 11) is 3.21. The Morgan fingerprint density at radius 2 is 1.70 bits per heavy atom. The number of rotatable bonds is 8. The number of carbonyl (C=O) groups excluding carboxylic acids is 2. The predicted octanol–water partition coefficient (Wildman–Crippen LogP) is 2.45. The second kappa shape index (κ2) is 9.11.